The Kier molecular flexibility index (Phi) is 7.64. The van der Waals surface area contributed by atoms with E-state index in [1.165, 1.54) is 4.90 Å². The van der Waals surface area contributed by atoms with Crippen LogP contribution in [0, 0.1) is 5.92 Å². The standard InChI is InChI=1S/C25H30N2O5/c1-25(2,26-3)21(15-22(28)31-16-19-12-8-5-9-13-19)23(29)27-20(17-32-24(27)30)14-18-10-6-4-7-11-18/h4-13,20-21,26H,14-17H2,1-3H3/t20-,21?/m1/s1. The third kappa shape index (κ3) is 5.73. The molecule has 0 aliphatic carbocycles. The lowest BCUT2D eigenvalue weighted by Gasteiger charge is -2.35. The highest BCUT2D eigenvalue weighted by atomic mass is 16.6. The zero-order valence-electron chi connectivity index (χ0n) is 18.7. The maximum Gasteiger partial charge on any atom is 0.416 e. The van der Waals surface area contributed by atoms with E-state index >= 15 is 0 Å². The second-order valence-electron chi connectivity index (χ2n) is 8.50. The van der Waals surface area contributed by atoms with Gasteiger partial charge in [-0.15, -0.1) is 0 Å². The minimum absolute atomic E-state index is 0.128. The molecule has 1 fully saturated rings. The number of hydrogen-bond donors (Lipinski definition) is 1. The first-order valence-corrected chi connectivity index (χ1v) is 10.7. The van der Waals surface area contributed by atoms with Gasteiger partial charge in [0.05, 0.1) is 18.4 Å². The van der Waals surface area contributed by atoms with E-state index in [2.05, 4.69) is 5.32 Å². The van der Waals surface area contributed by atoms with Crippen molar-refractivity contribution in [1.82, 2.24) is 10.2 Å². The van der Waals surface area contributed by atoms with Gasteiger partial charge in [0.1, 0.15) is 13.2 Å². The van der Waals surface area contributed by atoms with Crippen molar-refractivity contribution in [3.63, 3.8) is 0 Å². The summed E-state index contributed by atoms with van der Waals surface area (Å²) in [6, 6.07) is 18.5. The number of carbonyl (C=O) groups is 3. The zero-order valence-corrected chi connectivity index (χ0v) is 18.7. The van der Waals surface area contributed by atoms with Crippen LogP contribution in [0.3, 0.4) is 0 Å². The second kappa shape index (κ2) is 10.4. The summed E-state index contributed by atoms with van der Waals surface area (Å²) in [5.41, 5.74) is 1.12. The van der Waals surface area contributed by atoms with Crippen molar-refractivity contribution in [2.24, 2.45) is 5.92 Å². The molecule has 32 heavy (non-hydrogen) atoms. The fourth-order valence-corrected chi connectivity index (χ4v) is 3.72. The molecule has 0 radical (unpaired) electrons. The first-order chi connectivity index (χ1) is 15.3. The highest BCUT2D eigenvalue weighted by Gasteiger charge is 2.46. The molecule has 2 amide bonds. The molecule has 0 aromatic heterocycles. The lowest BCUT2D eigenvalue weighted by molar-refractivity contribution is -0.151. The molecule has 1 saturated heterocycles. The van der Waals surface area contributed by atoms with Crippen LogP contribution in [0.15, 0.2) is 60.7 Å². The molecule has 7 heteroatoms. The van der Waals surface area contributed by atoms with E-state index in [0.29, 0.717) is 6.42 Å². The van der Waals surface area contributed by atoms with Gasteiger partial charge in [0.2, 0.25) is 5.91 Å². The van der Waals surface area contributed by atoms with Gasteiger partial charge in [-0.2, -0.15) is 0 Å². The number of nitrogens with one attached hydrogen (secondary N) is 1. The molecule has 3 rings (SSSR count). The molecule has 2 aromatic rings. The van der Waals surface area contributed by atoms with Gasteiger partial charge in [-0.1, -0.05) is 60.7 Å². The van der Waals surface area contributed by atoms with Crippen LogP contribution < -0.4 is 5.32 Å². The van der Waals surface area contributed by atoms with Crippen molar-refractivity contribution in [2.45, 2.75) is 44.9 Å². The van der Waals surface area contributed by atoms with Gasteiger partial charge in [-0.3, -0.25) is 9.59 Å². The second-order valence-corrected chi connectivity index (χ2v) is 8.50. The fraction of sp³-hybridized carbons (Fsp3) is 0.400. The number of hydrogen-bond acceptors (Lipinski definition) is 6. The van der Waals surface area contributed by atoms with E-state index in [9.17, 15) is 14.4 Å². The molecule has 2 aromatic carbocycles. The summed E-state index contributed by atoms with van der Waals surface area (Å²) in [4.78, 5) is 39.8. The molecule has 170 valence electrons. The van der Waals surface area contributed by atoms with Crippen LogP contribution in [0.25, 0.3) is 0 Å². The van der Waals surface area contributed by atoms with Gasteiger partial charge in [0.25, 0.3) is 0 Å². The number of rotatable bonds is 9. The summed E-state index contributed by atoms with van der Waals surface area (Å²) in [5, 5.41) is 3.10. The third-order valence-electron chi connectivity index (χ3n) is 5.94. The lowest BCUT2D eigenvalue weighted by Crippen LogP contribution is -2.54. The number of nitrogens with zero attached hydrogens (tertiary/aromatic N) is 1. The lowest BCUT2D eigenvalue weighted by atomic mass is 9.83. The smallest absolute Gasteiger partial charge is 0.416 e. The molecule has 1 N–H and O–H groups in total. The molecule has 0 bridgehead atoms. The van der Waals surface area contributed by atoms with Crippen LogP contribution >= 0.6 is 0 Å². The first kappa shape index (κ1) is 23.5. The predicted molar refractivity (Wildman–Crippen MR) is 120 cm³/mol. The average Bonchev–Trinajstić information content (AvgIpc) is 3.16. The van der Waals surface area contributed by atoms with E-state index in [1.807, 2.05) is 74.5 Å². The van der Waals surface area contributed by atoms with Crippen LogP contribution in [0.5, 0.6) is 0 Å². The van der Waals surface area contributed by atoms with Crippen molar-refractivity contribution < 1.29 is 23.9 Å². The van der Waals surface area contributed by atoms with Gasteiger partial charge in [0.15, 0.2) is 0 Å². The van der Waals surface area contributed by atoms with Gasteiger partial charge >= 0.3 is 12.1 Å². The van der Waals surface area contributed by atoms with Gasteiger partial charge in [0, 0.05) is 5.54 Å². The molecule has 1 heterocycles. The van der Waals surface area contributed by atoms with Crippen LogP contribution in [0.4, 0.5) is 4.79 Å². The Hall–Kier alpha value is -3.19. The number of imide groups is 1. The van der Waals surface area contributed by atoms with Crippen molar-refractivity contribution in [3.05, 3.63) is 71.8 Å². The number of ether oxygens (including phenoxy) is 2. The molecule has 1 aliphatic rings. The molecule has 2 atom stereocenters. The van der Waals surface area contributed by atoms with Gasteiger partial charge in [-0.25, -0.2) is 9.69 Å². The number of amides is 2. The summed E-state index contributed by atoms with van der Waals surface area (Å²) in [5.74, 6) is -1.74. The molecule has 1 aliphatic heterocycles. The van der Waals surface area contributed by atoms with Crippen molar-refractivity contribution in [2.75, 3.05) is 13.7 Å². The quantitative estimate of drug-likeness (QED) is 0.605. The minimum atomic E-state index is -0.806. The van der Waals surface area contributed by atoms with Crippen LogP contribution in [-0.2, 0) is 32.1 Å². The Morgan fingerprint density at radius 3 is 2.28 bits per heavy atom. The summed E-state index contributed by atoms with van der Waals surface area (Å²) in [6.07, 6.45) is -0.337. The highest BCUT2D eigenvalue weighted by Crippen LogP contribution is 2.28. The highest BCUT2D eigenvalue weighted by molar-refractivity contribution is 5.97. The molecule has 1 unspecified atom stereocenters. The number of benzene rings is 2. The zero-order chi connectivity index (χ0) is 23.1. The van der Waals surface area contributed by atoms with Crippen LogP contribution in [0.2, 0.25) is 0 Å². The molecular formula is C25H30N2O5. The topological polar surface area (TPSA) is 84.9 Å². The van der Waals surface area contributed by atoms with Crippen molar-refractivity contribution >= 4 is 18.0 Å². The van der Waals surface area contributed by atoms with E-state index in [1.54, 1.807) is 7.05 Å². The van der Waals surface area contributed by atoms with E-state index in [4.69, 9.17) is 9.47 Å². The third-order valence-corrected chi connectivity index (χ3v) is 5.94. The summed E-state index contributed by atoms with van der Waals surface area (Å²) in [7, 11) is 1.72. The van der Waals surface area contributed by atoms with Crippen molar-refractivity contribution in [1.29, 1.82) is 0 Å². The minimum Gasteiger partial charge on any atom is -0.461 e. The SMILES string of the molecule is CNC(C)(C)C(CC(=O)OCc1ccccc1)C(=O)N1C(=O)OC[C@H]1Cc1ccccc1. The maximum absolute atomic E-state index is 13.5. The van der Waals surface area contributed by atoms with Crippen LogP contribution in [0.1, 0.15) is 31.4 Å². The average molecular weight is 439 g/mol. The summed E-state index contributed by atoms with van der Waals surface area (Å²) < 4.78 is 10.6. The van der Waals surface area contributed by atoms with Gasteiger partial charge < -0.3 is 14.8 Å². The first-order valence-electron chi connectivity index (χ1n) is 10.7. The Morgan fingerprint density at radius 2 is 1.69 bits per heavy atom. The normalized spacial score (nSPS) is 17.0. The number of esters is 1. The summed E-state index contributed by atoms with van der Waals surface area (Å²) >= 11 is 0. The summed E-state index contributed by atoms with van der Waals surface area (Å²) in [6.45, 7) is 3.91. The number of cyclic esters (lactones) is 1. The Morgan fingerprint density at radius 1 is 1.09 bits per heavy atom. The fourth-order valence-electron chi connectivity index (χ4n) is 3.72. The van der Waals surface area contributed by atoms with Crippen LogP contribution in [-0.4, -0.2) is 48.1 Å². The van der Waals surface area contributed by atoms with Crippen molar-refractivity contribution in [3.8, 4) is 0 Å². The maximum atomic E-state index is 13.5. The van der Waals surface area contributed by atoms with E-state index in [0.717, 1.165) is 11.1 Å². The molecule has 7 nitrogen and oxygen atoms in total. The number of carbonyl (C=O) groups excluding carboxylic acids is 3. The largest absolute Gasteiger partial charge is 0.461 e. The predicted octanol–water partition coefficient (Wildman–Crippen LogP) is 3.32. The van der Waals surface area contributed by atoms with Gasteiger partial charge in [-0.05, 0) is 38.4 Å². The van der Waals surface area contributed by atoms with E-state index < -0.39 is 35.5 Å². The Bertz CT molecular complexity index is 930. The molecule has 0 saturated carbocycles. The van der Waals surface area contributed by atoms with E-state index in [-0.39, 0.29) is 19.6 Å². The molecular weight excluding hydrogens is 408 g/mol. The Labute approximate surface area is 188 Å². The Balaban J connectivity index is 1.74. The monoisotopic (exact) mass is 438 g/mol. The molecule has 0 spiro atoms.